The highest BCUT2D eigenvalue weighted by molar-refractivity contribution is 5.15. The van der Waals surface area contributed by atoms with Crippen molar-refractivity contribution in [1.82, 2.24) is 0 Å². The van der Waals surface area contributed by atoms with Gasteiger partial charge in [-0.2, -0.15) is 0 Å². The third kappa shape index (κ3) is 26.3. The molecule has 1 nitrogen and oxygen atoms in total. The largest absolute Gasteiger partial charge is 0.316 e. The highest BCUT2D eigenvalue weighted by Gasteiger charge is 2.27. The summed E-state index contributed by atoms with van der Waals surface area (Å²) in [6.07, 6.45) is 48.3. The fourth-order valence-corrected chi connectivity index (χ4v) is 7.81. The minimum Gasteiger partial charge on any atom is -0.316 e. The molecule has 0 saturated carbocycles. The maximum atomic E-state index is 2.44. The fourth-order valence-electron chi connectivity index (χ4n) is 7.81. The van der Waals surface area contributed by atoms with Crippen molar-refractivity contribution in [2.45, 2.75) is 207 Å². The van der Waals surface area contributed by atoms with Gasteiger partial charge in [-0.3, -0.25) is 0 Å². The van der Waals surface area contributed by atoms with Gasteiger partial charge in [-0.1, -0.05) is 202 Å². The third-order valence-corrected chi connectivity index (χ3v) is 11.0. The molecule has 0 atom stereocenters. The van der Waals surface area contributed by atoms with E-state index in [0.29, 0.717) is 0 Å². The van der Waals surface area contributed by atoms with Gasteiger partial charge < -0.3 is 4.48 Å². The van der Waals surface area contributed by atoms with E-state index in [9.17, 15) is 0 Å². The van der Waals surface area contributed by atoms with E-state index in [1.54, 1.807) is 0 Å². The van der Waals surface area contributed by atoms with Crippen LogP contribution in [0.1, 0.15) is 205 Å². The number of rotatable bonds is 36. The molecular formula is C50H84N+. The second-order valence-electron chi connectivity index (χ2n) is 16.0. The monoisotopic (exact) mass is 699 g/mol. The lowest BCUT2D eigenvalue weighted by atomic mass is 10.0. The van der Waals surface area contributed by atoms with Gasteiger partial charge in [-0.05, 0) is 77.0 Å². The lowest BCUT2D eigenvalue weighted by Gasteiger charge is -2.39. The summed E-state index contributed by atoms with van der Waals surface area (Å²) in [6, 6.07) is 22.8. The zero-order valence-corrected chi connectivity index (χ0v) is 34.2. The number of hydrogen-bond acceptors (Lipinski definition) is 0. The van der Waals surface area contributed by atoms with Crippen molar-refractivity contribution in [2.24, 2.45) is 0 Å². The maximum absolute atomic E-state index is 2.44. The van der Waals surface area contributed by atoms with E-state index < -0.39 is 0 Å². The molecule has 0 unspecified atom stereocenters. The van der Waals surface area contributed by atoms with E-state index in [2.05, 4.69) is 98.8 Å². The van der Waals surface area contributed by atoms with Crippen LogP contribution in [0, 0.1) is 0 Å². The molecule has 2 rings (SSSR count). The van der Waals surface area contributed by atoms with Crippen molar-refractivity contribution < 1.29 is 4.48 Å². The summed E-state index contributed by atoms with van der Waals surface area (Å²) in [5.74, 6) is 0. The first-order valence-electron chi connectivity index (χ1n) is 22.5. The number of nitrogens with zero attached hydrogens (tertiary/aromatic N) is 1. The second-order valence-corrected chi connectivity index (χ2v) is 16.0. The summed E-state index contributed by atoms with van der Waals surface area (Å²) >= 11 is 0. The molecule has 0 amide bonds. The quantitative estimate of drug-likeness (QED) is 0.0377. The van der Waals surface area contributed by atoms with Gasteiger partial charge >= 0.3 is 0 Å². The average molecular weight is 699 g/mol. The molecule has 0 bridgehead atoms. The summed E-state index contributed by atoms with van der Waals surface area (Å²) in [5.41, 5.74) is 3.01. The van der Waals surface area contributed by atoms with Crippen LogP contribution in [-0.4, -0.2) is 17.6 Å². The van der Waals surface area contributed by atoms with Gasteiger partial charge in [-0.15, -0.1) is 0 Å². The number of unbranched alkanes of at least 4 members (excludes halogenated alkanes) is 24. The molecule has 1 heteroatoms. The molecule has 0 heterocycles. The number of benzene rings is 2. The van der Waals surface area contributed by atoms with Crippen LogP contribution in [0.5, 0.6) is 0 Å². The Bertz CT molecular complexity index is 952. The van der Waals surface area contributed by atoms with Crippen LogP contribution in [0.3, 0.4) is 0 Å². The molecule has 51 heavy (non-hydrogen) atoms. The van der Waals surface area contributed by atoms with Crippen molar-refractivity contribution in [3.63, 3.8) is 0 Å². The zero-order valence-electron chi connectivity index (χ0n) is 34.2. The Labute approximate surface area is 319 Å². The number of quaternary nitrogens is 1. The Kier molecular flexibility index (Phi) is 29.8. The van der Waals surface area contributed by atoms with Crippen molar-refractivity contribution >= 4 is 0 Å². The molecule has 0 radical (unpaired) electrons. The first-order valence-corrected chi connectivity index (χ1v) is 22.5. The van der Waals surface area contributed by atoms with Crippen LogP contribution in [0.2, 0.25) is 0 Å². The second kappa shape index (κ2) is 33.7. The lowest BCUT2D eigenvalue weighted by molar-refractivity contribution is -0.954. The summed E-state index contributed by atoms with van der Waals surface area (Å²) in [7, 11) is 0. The summed E-state index contributed by atoms with van der Waals surface area (Å²) in [6.45, 7) is 9.53. The maximum Gasteiger partial charge on any atom is 0.105 e. The first-order chi connectivity index (χ1) is 25.3. The van der Waals surface area contributed by atoms with E-state index in [-0.39, 0.29) is 0 Å². The Morgan fingerprint density at radius 2 is 0.608 bits per heavy atom. The molecule has 0 aliphatic rings. The first kappa shape index (κ1) is 45.0. The predicted octanol–water partition coefficient (Wildman–Crippen LogP) is 16.3. The van der Waals surface area contributed by atoms with Crippen molar-refractivity contribution in [3.8, 4) is 0 Å². The number of hydrogen-bond donors (Lipinski definition) is 0. The Balaban J connectivity index is 1.71. The zero-order chi connectivity index (χ0) is 36.2. The summed E-state index contributed by atoms with van der Waals surface area (Å²) in [5, 5.41) is 0. The van der Waals surface area contributed by atoms with Crippen molar-refractivity contribution in [1.29, 1.82) is 0 Å². The smallest absolute Gasteiger partial charge is 0.105 e. The molecule has 0 N–H and O–H groups in total. The van der Waals surface area contributed by atoms with Gasteiger partial charge in [0.05, 0.1) is 13.1 Å². The SMILES string of the molecule is CCCCCC/C=C/CCCCCCCCCC[N+](CCCCCCCCCC/C=C/CCCCCC)(Cc1ccccc1)Cc1ccccc1. The van der Waals surface area contributed by atoms with Gasteiger partial charge in [0.25, 0.3) is 0 Å². The van der Waals surface area contributed by atoms with Gasteiger partial charge in [0.1, 0.15) is 13.1 Å². The van der Waals surface area contributed by atoms with Crippen LogP contribution in [0.15, 0.2) is 85.0 Å². The van der Waals surface area contributed by atoms with Crippen LogP contribution in [0.4, 0.5) is 0 Å². The standard InChI is InChI=1S/C50H84N/c1-3-5-7-9-11-13-15-17-19-21-23-25-27-29-31-39-45-51(47-49-41-35-33-36-42-49,48-50-43-37-34-38-44-50)46-40-32-30-28-26-24-22-20-18-16-14-12-10-8-6-4-2/h13-16,33-38,41-44H,3-12,17-32,39-40,45-48H2,1-2H3/q+1/b15-13+,16-14+. The van der Waals surface area contributed by atoms with Gasteiger partial charge in [0, 0.05) is 11.1 Å². The highest BCUT2D eigenvalue weighted by Crippen LogP contribution is 2.24. The molecule has 0 aliphatic heterocycles. The van der Waals surface area contributed by atoms with Crippen LogP contribution in [0.25, 0.3) is 0 Å². The third-order valence-electron chi connectivity index (χ3n) is 11.0. The Morgan fingerprint density at radius 1 is 0.333 bits per heavy atom. The van der Waals surface area contributed by atoms with Gasteiger partial charge in [0.2, 0.25) is 0 Å². The van der Waals surface area contributed by atoms with Crippen molar-refractivity contribution in [3.05, 3.63) is 96.1 Å². The molecule has 288 valence electrons. The van der Waals surface area contributed by atoms with Crippen molar-refractivity contribution in [2.75, 3.05) is 13.1 Å². The Morgan fingerprint density at radius 3 is 0.922 bits per heavy atom. The minimum absolute atomic E-state index is 1.16. The highest BCUT2D eigenvalue weighted by atomic mass is 15.3. The van der Waals surface area contributed by atoms with E-state index in [1.807, 2.05) is 0 Å². The Hall–Kier alpha value is -2.12. The van der Waals surface area contributed by atoms with Crippen LogP contribution < -0.4 is 0 Å². The molecule has 0 saturated heterocycles. The van der Waals surface area contributed by atoms with Gasteiger partial charge in [0.15, 0.2) is 0 Å². The summed E-state index contributed by atoms with van der Waals surface area (Å²) < 4.78 is 1.21. The average Bonchev–Trinajstić information content (AvgIpc) is 3.15. The van der Waals surface area contributed by atoms with E-state index >= 15 is 0 Å². The molecular weight excluding hydrogens is 615 g/mol. The molecule has 0 spiro atoms. The normalized spacial score (nSPS) is 12.1. The van der Waals surface area contributed by atoms with E-state index in [1.165, 1.54) is 208 Å². The number of allylic oxidation sites excluding steroid dienone is 4. The summed E-state index contributed by atoms with van der Waals surface area (Å²) in [4.78, 5) is 0. The minimum atomic E-state index is 1.16. The molecule has 0 aliphatic carbocycles. The van der Waals surface area contributed by atoms with Gasteiger partial charge in [-0.25, -0.2) is 0 Å². The van der Waals surface area contributed by atoms with E-state index in [4.69, 9.17) is 0 Å². The topological polar surface area (TPSA) is 0 Å². The molecule has 0 aromatic heterocycles. The van der Waals surface area contributed by atoms with E-state index in [0.717, 1.165) is 13.1 Å². The van der Waals surface area contributed by atoms with Crippen LogP contribution >= 0.6 is 0 Å². The molecule has 2 aromatic carbocycles. The van der Waals surface area contributed by atoms with Crippen LogP contribution in [-0.2, 0) is 13.1 Å². The molecule has 0 fully saturated rings. The fraction of sp³-hybridized carbons (Fsp3) is 0.680. The molecule has 2 aromatic rings. The lowest BCUT2D eigenvalue weighted by Crippen LogP contribution is -2.48. The predicted molar refractivity (Wildman–Crippen MR) is 229 cm³/mol.